The van der Waals surface area contributed by atoms with Crippen LogP contribution < -0.4 is 20.7 Å². The molecule has 11 atom stereocenters. The van der Waals surface area contributed by atoms with E-state index in [1.165, 1.54) is 6.92 Å². The number of phenolic OH excluding ortho intramolecular Hbond substituents is 1. The van der Waals surface area contributed by atoms with Crippen LogP contribution in [0.15, 0.2) is 12.1 Å². The predicted octanol–water partition coefficient (Wildman–Crippen LogP) is 5.46. The van der Waals surface area contributed by atoms with Gasteiger partial charge in [-0.2, -0.15) is 0 Å². The minimum Gasteiger partial charge on any atom is -0.504 e. The first-order valence-corrected chi connectivity index (χ1v) is 25.6. The van der Waals surface area contributed by atoms with E-state index in [2.05, 4.69) is 16.0 Å². The smallest absolute Gasteiger partial charge is 0.332 e. The van der Waals surface area contributed by atoms with Gasteiger partial charge >= 0.3 is 11.9 Å². The van der Waals surface area contributed by atoms with E-state index in [4.69, 9.17) is 14.2 Å². The minimum atomic E-state index is -1.13. The normalized spacial score (nSPS) is 35.3. The van der Waals surface area contributed by atoms with Gasteiger partial charge in [-0.15, -0.1) is 0 Å². The maximum absolute atomic E-state index is 15.3. The lowest BCUT2D eigenvalue weighted by Gasteiger charge is -2.54. The second-order valence-corrected chi connectivity index (χ2v) is 21.9. The Bertz CT molecular complexity index is 1690. The molecule has 1 amide bonds. The Labute approximate surface area is 369 Å². The standard InChI is InChI=1S/C46H71N3O10S2/c1-28(51)58-38(29-7-12-36(52)35(47-3)26-60-61-27-44(2,56)18-15-29)24-39(59-43(55)46-17-5-4-6-31(46)8-14-40(54)49-46)45(19-21-48-22-20-45)34-11-9-32-30(16-23-50)25-57-42-37(53)13-10-33(34)41(32)42/h10,13,29-32,34-36,38-39,47-48,50,52-53,56H,4-9,11-12,14-27H2,1-3H3,(H,49,54)/t29-,30-,31+,32-,34-,35-,36+,38+,39-,44-,46+/m1/s1. The van der Waals surface area contributed by atoms with Crippen LogP contribution in [-0.4, -0.2) is 119 Å². The molecule has 4 aliphatic heterocycles. The molecule has 4 heterocycles. The van der Waals surface area contributed by atoms with Crippen LogP contribution in [0.3, 0.4) is 0 Å². The minimum absolute atomic E-state index is 0.0355. The number of carbonyl (C=O) groups is 3. The summed E-state index contributed by atoms with van der Waals surface area (Å²) in [7, 11) is 5.08. The predicted molar refractivity (Wildman–Crippen MR) is 237 cm³/mol. The van der Waals surface area contributed by atoms with Crippen molar-refractivity contribution in [1.82, 2.24) is 16.0 Å². The zero-order valence-corrected chi connectivity index (χ0v) is 38.1. The number of aliphatic hydroxyl groups is 3. The van der Waals surface area contributed by atoms with E-state index < -0.39 is 46.8 Å². The number of hydrogen-bond acceptors (Lipinski definition) is 14. The molecule has 342 valence electrons. The van der Waals surface area contributed by atoms with Gasteiger partial charge in [0, 0.05) is 60.8 Å². The molecular weight excluding hydrogens is 819 g/mol. The molecule has 0 aromatic heterocycles. The third kappa shape index (κ3) is 10.2. The Morgan fingerprint density at radius 3 is 2.57 bits per heavy atom. The molecule has 3 saturated heterocycles. The van der Waals surface area contributed by atoms with Crippen molar-refractivity contribution in [2.24, 2.45) is 23.2 Å². The first kappa shape index (κ1) is 46.7. The molecule has 1 aromatic rings. The van der Waals surface area contributed by atoms with Gasteiger partial charge in [0.15, 0.2) is 11.5 Å². The lowest BCUT2D eigenvalue weighted by molar-refractivity contribution is -0.182. The number of ether oxygens (including phenoxy) is 3. The number of fused-ring (bicyclic) bond motifs is 1. The number of piperidine rings is 2. The van der Waals surface area contributed by atoms with Crippen molar-refractivity contribution in [2.45, 2.75) is 164 Å². The second kappa shape index (κ2) is 20.3. The number of aliphatic hydroxyl groups excluding tert-OH is 2. The van der Waals surface area contributed by atoms with E-state index in [1.54, 1.807) is 27.7 Å². The van der Waals surface area contributed by atoms with Gasteiger partial charge in [-0.3, -0.25) is 9.59 Å². The van der Waals surface area contributed by atoms with Gasteiger partial charge in [0.2, 0.25) is 5.91 Å². The number of phenols is 1. The fourth-order valence-corrected chi connectivity index (χ4v) is 15.0. The molecule has 0 bridgehead atoms. The highest BCUT2D eigenvalue weighted by molar-refractivity contribution is 8.76. The largest absolute Gasteiger partial charge is 0.504 e. The molecule has 7 N–H and O–H groups in total. The Kier molecular flexibility index (Phi) is 15.5. The number of hydrogen-bond donors (Lipinski definition) is 7. The van der Waals surface area contributed by atoms with Crippen LogP contribution in [0, 0.1) is 23.2 Å². The number of benzene rings is 1. The summed E-state index contributed by atoms with van der Waals surface area (Å²) in [6.45, 7) is 5.09. The van der Waals surface area contributed by atoms with Crippen molar-refractivity contribution in [2.75, 3.05) is 44.9 Å². The fourth-order valence-electron chi connectivity index (χ4n) is 12.2. The van der Waals surface area contributed by atoms with Gasteiger partial charge in [0.1, 0.15) is 17.7 Å². The van der Waals surface area contributed by atoms with E-state index in [1.807, 2.05) is 20.0 Å². The topological polar surface area (TPSA) is 196 Å². The maximum atomic E-state index is 15.3. The van der Waals surface area contributed by atoms with Crippen LogP contribution in [0.1, 0.15) is 140 Å². The van der Waals surface area contributed by atoms with Crippen molar-refractivity contribution < 1.29 is 49.0 Å². The summed E-state index contributed by atoms with van der Waals surface area (Å²) in [5.74, 6) is 0.545. The molecule has 0 radical (unpaired) electrons. The maximum Gasteiger partial charge on any atom is 0.332 e. The van der Waals surface area contributed by atoms with Crippen LogP contribution in [0.25, 0.3) is 0 Å². The zero-order chi connectivity index (χ0) is 43.4. The Morgan fingerprint density at radius 1 is 1.02 bits per heavy atom. The lowest BCUT2D eigenvalue weighted by atomic mass is 9.56. The van der Waals surface area contributed by atoms with Gasteiger partial charge in [-0.25, -0.2) is 4.79 Å². The number of likely N-dealkylation sites (N-methyl/N-ethyl adjacent to an activating group) is 1. The highest BCUT2D eigenvalue weighted by Crippen LogP contribution is 2.60. The second-order valence-electron chi connectivity index (χ2n) is 19.4. The summed E-state index contributed by atoms with van der Waals surface area (Å²) in [6.07, 6.45) is 7.78. The Morgan fingerprint density at radius 2 is 1.82 bits per heavy atom. The molecule has 6 aliphatic rings. The van der Waals surface area contributed by atoms with Gasteiger partial charge in [0.05, 0.1) is 18.3 Å². The number of aromatic hydroxyl groups is 1. The van der Waals surface area contributed by atoms with E-state index >= 15 is 4.79 Å². The van der Waals surface area contributed by atoms with Crippen molar-refractivity contribution in [3.8, 4) is 11.5 Å². The fraction of sp³-hybridized carbons (Fsp3) is 0.804. The Balaban J connectivity index is 1.32. The van der Waals surface area contributed by atoms with E-state index in [0.717, 1.165) is 43.2 Å². The van der Waals surface area contributed by atoms with Gasteiger partial charge in [-0.1, -0.05) is 40.5 Å². The first-order valence-electron chi connectivity index (χ1n) is 23.1. The first-order chi connectivity index (χ1) is 29.3. The molecule has 61 heavy (non-hydrogen) atoms. The molecule has 7 rings (SSSR count). The molecule has 1 aromatic carbocycles. The summed E-state index contributed by atoms with van der Waals surface area (Å²) in [4.78, 5) is 41.7. The SMILES string of the molecule is CN[C@@H]1CSSC[C@](C)(O)CC[C@H]([C@H](C[C@@H](OC(=O)[C@]23CCCC[C@H]2CCC(=O)N3)C2([C@@H]3CC[C@H]4c5c3ccc(O)c5OC[C@H]4CCO)CCNCC2)OC(C)=O)CC[C@@H]1O. The number of esters is 2. The summed E-state index contributed by atoms with van der Waals surface area (Å²) >= 11 is 0. The summed E-state index contributed by atoms with van der Waals surface area (Å²) in [5.41, 5.74) is -0.702. The summed E-state index contributed by atoms with van der Waals surface area (Å²) in [6, 6.07) is 3.57. The van der Waals surface area contributed by atoms with Gasteiger partial charge in [-0.05, 0) is 139 Å². The molecule has 13 nitrogen and oxygen atoms in total. The Hall–Kier alpha value is -2.27. The average molecular weight is 890 g/mol. The van der Waals surface area contributed by atoms with Crippen molar-refractivity contribution in [3.05, 3.63) is 23.3 Å². The molecule has 0 unspecified atom stereocenters. The van der Waals surface area contributed by atoms with Crippen LogP contribution >= 0.6 is 21.6 Å². The van der Waals surface area contributed by atoms with E-state index in [-0.39, 0.29) is 60.3 Å². The quantitative estimate of drug-likeness (QED) is 0.109. The summed E-state index contributed by atoms with van der Waals surface area (Å²) in [5, 5.41) is 54.3. The number of carbonyl (C=O) groups excluding carboxylic acids is 3. The van der Waals surface area contributed by atoms with E-state index in [0.29, 0.717) is 101 Å². The average Bonchev–Trinajstić information content (AvgIpc) is 3.24. The highest BCUT2D eigenvalue weighted by atomic mass is 33.1. The van der Waals surface area contributed by atoms with E-state index in [9.17, 15) is 30.0 Å². The highest BCUT2D eigenvalue weighted by Gasteiger charge is 2.57. The van der Waals surface area contributed by atoms with Crippen LogP contribution in [0.2, 0.25) is 0 Å². The lowest BCUT2D eigenvalue weighted by Crippen LogP contribution is -2.65. The molecule has 4 fully saturated rings. The molecular formula is C46H71N3O10S2. The number of amides is 1. The number of rotatable bonds is 11. The van der Waals surface area contributed by atoms with Gasteiger partial charge < -0.3 is 50.6 Å². The zero-order valence-electron chi connectivity index (χ0n) is 36.5. The van der Waals surface area contributed by atoms with Crippen LogP contribution in [0.4, 0.5) is 0 Å². The molecule has 0 spiro atoms. The van der Waals surface area contributed by atoms with Crippen LogP contribution in [-0.2, 0) is 23.9 Å². The summed E-state index contributed by atoms with van der Waals surface area (Å²) < 4.78 is 19.8. The third-order valence-corrected chi connectivity index (χ3v) is 18.2. The van der Waals surface area contributed by atoms with Crippen molar-refractivity contribution in [1.29, 1.82) is 0 Å². The molecule has 15 heteroatoms. The molecule has 2 aliphatic carbocycles. The van der Waals surface area contributed by atoms with Crippen molar-refractivity contribution >= 4 is 39.4 Å². The van der Waals surface area contributed by atoms with Crippen LogP contribution in [0.5, 0.6) is 11.5 Å². The monoisotopic (exact) mass is 889 g/mol. The third-order valence-electron chi connectivity index (χ3n) is 15.6. The number of nitrogens with one attached hydrogen (secondary N) is 3. The van der Waals surface area contributed by atoms with Crippen molar-refractivity contribution in [3.63, 3.8) is 0 Å². The van der Waals surface area contributed by atoms with Gasteiger partial charge in [0.25, 0.3) is 0 Å². The molecule has 1 saturated carbocycles.